The van der Waals surface area contributed by atoms with Crippen molar-refractivity contribution in [2.75, 3.05) is 26.7 Å². The molecule has 2 rings (SSSR count). The topological polar surface area (TPSA) is 49.8 Å². The number of rotatable bonds is 6. The maximum Gasteiger partial charge on any atom is 0.303 e. The summed E-state index contributed by atoms with van der Waals surface area (Å²) in [5.41, 5.74) is 1.39. The maximum absolute atomic E-state index is 10.5. The van der Waals surface area contributed by atoms with E-state index in [1.807, 2.05) is 12.1 Å². The summed E-state index contributed by atoms with van der Waals surface area (Å²) in [5.74, 6) is 0.828. The molecule has 1 aromatic rings. The molecule has 1 aliphatic heterocycles. The summed E-state index contributed by atoms with van der Waals surface area (Å²) < 4.78 is 5.18. The SMILES string of the molecule is COc1ccc(C2CCN(CCCC(=O)O)CC2)cc1.Cl. The number of carbonyl (C=O) groups is 1. The molecule has 0 bridgehead atoms. The van der Waals surface area contributed by atoms with E-state index in [4.69, 9.17) is 9.84 Å². The number of hydrogen-bond acceptors (Lipinski definition) is 3. The number of benzene rings is 1. The number of carboxylic acids is 1. The molecule has 4 nitrogen and oxygen atoms in total. The highest BCUT2D eigenvalue weighted by Gasteiger charge is 2.20. The first kappa shape index (κ1) is 17.8. The molecule has 0 aromatic heterocycles. The average molecular weight is 314 g/mol. The summed E-state index contributed by atoms with van der Waals surface area (Å²) in [7, 11) is 1.69. The number of carboxylic acid groups (broad SMARTS) is 1. The quantitative estimate of drug-likeness (QED) is 0.876. The first-order chi connectivity index (χ1) is 9.69. The lowest BCUT2D eigenvalue weighted by atomic mass is 9.89. The Labute approximate surface area is 132 Å². The van der Waals surface area contributed by atoms with E-state index in [-0.39, 0.29) is 18.8 Å². The zero-order valence-electron chi connectivity index (χ0n) is 12.5. The van der Waals surface area contributed by atoms with Crippen LogP contribution < -0.4 is 4.74 Å². The lowest BCUT2D eigenvalue weighted by molar-refractivity contribution is -0.137. The standard InChI is InChI=1S/C16H23NO3.ClH/c1-20-15-6-4-13(5-7-15)14-8-11-17(12-9-14)10-2-3-16(18)19;/h4-7,14H,2-3,8-12H2,1H3,(H,18,19);1H. The van der Waals surface area contributed by atoms with Crippen molar-refractivity contribution in [3.8, 4) is 5.75 Å². The van der Waals surface area contributed by atoms with Crippen LogP contribution in [0.1, 0.15) is 37.2 Å². The molecule has 1 fully saturated rings. The second-order valence-electron chi connectivity index (χ2n) is 5.39. The van der Waals surface area contributed by atoms with Gasteiger partial charge in [0.1, 0.15) is 5.75 Å². The molecule has 1 aliphatic rings. The zero-order chi connectivity index (χ0) is 14.4. The summed E-state index contributed by atoms with van der Waals surface area (Å²) >= 11 is 0. The molecule has 1 saturated heterocycles. The Morgan fingerprint density at radius 3 is 2.43 bits per heavy atom. The van der Waals surface area contributed by atoms with Gasteiger partial charge in [0.25, 0.3) is 0 Å². The van der Waals surface area contributed by atoms with Gasteiger partial charge in [-0.05, 0) is 62.5 Å². The smallest absolute Gasteiger partial charge is 0.303 e. The number of halogens is 1. The van der Waals surface area contributed by atoms with Crippen LogP contribution in [0.2, 0.25) is 0 Å². The molecule has 0 saturated carbocycles. The van der Waals surface area contributed by atoms with E-state index < -0.39 is 5.97 Å². The summed E-state index contributed by atoms with van der Waals surface area (Å²) in [5, 5.41) is 8.65. The van der Waals surface area contributed by atoms with Crippen molar-refractivity contribution in [1.29, 1.82) is 0 Å². The molecule has 0 radical (unpaired) electrons. The summed E-state index contributed by atoms with van der Waals surface area (Å²) in [6.45, 7) is 3.04. The van der Waals surface area contributed by atoms with Gasteiger partial charge in [0.2, 0.25) is 0 Å². The van der Waals surface area contributed by atoms with Crippen LogP contribution in [-0.2, 0) is 4.79 Å². The van der Waals surface area contributed by atoms with E-state index in [1.165, 1.54) is 5.56 Å². The molecule has 0 spiro atoms. The molecule has 0 atom stereocenters. The number of methoxy groups -OCH3 is 1. The number of ether oxygens (including phenoxy) is 1. The van der Waals surface area contributed by atoms with Crippen LogP contribution in [-0.4, -0.2) is 42.7 Å². The number of piperidine rings is 1. The normalized spacial score (nSPS) is 16.2. The lowest BCUT2D eigenvalue weighted by Gasteiger charge is -2.32. The van der Waals surface area contributed by atoms with Gasteiger partial charge in [0, 0.05) is 6.42 Å². The maximum atomic E-state index is 10.5. The molecule has 1 heterocycles. The Morgan fingerprint density at radius 2 is 1.90 bits per heavy atom. The van der Waals surface area contributed by atoms with Crippen molar-refractivity contribution in [3.05, 3.63) is 29.8 Å². The summed E-state index contributed by atoms with van der Waals surface area (Å²) in [4.78, 5) is 12.9. The number of hydrogen-bond donors (Lipinski definition) is 1. The molecular formula is C16H24ClNO3. The third-order valence-corrected chi connectivity index (χ3v) is 4.04. The van der Waals surface area contributed by atoms with Crippen LogP contribution in [0.15, 0.2) is 24.3 Å². The lowest BCUT2D eigenvalue weighted by Crippen LogP contribution is -2.33. The van der Waals surface area contributed by atoms with Gasteiger partial charge in [-0.2, -0.15) is 0 Å². The largest absolute Gasteiger partial charge is 0.497 e. The fourth-order valence-corrected chi connectivity index (χ4v) is 2.82. The Balaban J connectivity index is 0.00000220. The highest BCUT2D eigenvalue weighted by Crippen LogP contribution is 2.29. The zero-order valence-corrected chi connectivity index (χ0v) is 13.3. The van der Waals surface area contributed by atoms with Gasteiger partial charge in [-0.3, -0.25) is 4.79 Å². The van der Waals surface area contributed by atoms with Crippen LogP contribution in [0.3, 0.4) is 0 Å². The molecule has 5 heteroatoms. The number of likely N-dealkylation sites (tertiary alicyclic amines) is 1. The molecule has 0 unspecified atom stereocenters. The van der Waals surface area contributed by atoms with Crippen molar-refractivity contribution in [2.45, 2.75) is 31.6 Å². The number of aliphatic carboxylic acids is 1. The van der Waals surface area contributed by atoms with Crippen LogP contribution in [0.5, 0.6) is 5.75 Å². The second kappa shape index (κ2) is 8.90. The highest BCUT2D eigenvalue weighted by molar-refractivity contribution is 5.85. The van der Waals surface area contributed by atoms with Crippen LogP contribution in [0.4, 0.5) is 0 Å². The Morgan fingerprint density at radius 1 is 1.29 bits per heavy atom. The summed E-state index contributed by atoms with van der Waals surface area (Å²) in [6, 6.07) is 8.36. The average Bonchev–Trinajstić information content (AvgIpc) is 2.48. The van der Waals surface area contributed by atoms with E-state index in [9.17, 15) is 4.79 Å². The first-order valence-corrected chi connectivity index (χ1v) is 7.27. The van der Waals surface area contributed by atoms with Crippen molar-refractivity contribution < 1.29 is 14.6 Å². The summed E-state index contributed by atoms with van der Waals surface area (Å²) in [6.07, 6.45) is 3.33. The minimum absolute atomic E-state index is 0. The molecule has 0 amide bonds. The van der Waals surface area contributed by atoms with Crippen LogP contribution in [0, 0.1) is 0 Å². The second-order valence-corrected chi connectivity index (χ2v) is 5.39. The van der Waals surface area contributed by atoms with Gasteiger partial charge in [0.15, 0.2) is 0 Å². The fourth-order valence-electron chi connectivity index (χ4n) is 2.82. The van der Waals surface area contributed by atoms with Crippen LogP contribution in [0.25, 0.3) is 0 Å². The Bertz CT molecular complexity index is 428. The molecule has 1 aromatic carbocycles. The molecule has 1 N–H and O–H groups in total. The van der Waals surface area contributed by atoms with Crippen molar-refractivity contribution >= 4 is 18.4 Å². The molecule has 118 valence electrons. The monoisotopic (exact) mass is 313 g/mol. The van der Waals surface area contributed by atoms with E-state index in [2.05, 4.69) is 17.0 Å². The highest BCUT2D eigenvalue weighted by atomic mass is 35.5. The minimum atomic E-state index is -0.696. The molecule has 21 heavy (non-hydrogen) atoms. The third kappa shape index (κ3) is 5.56. The van der Waals surface area contributed by atoms with Gasteiger partial charge in [-0.25, -0.2) is 0 Å². The minimum Gasteiger partial charge on any atom is -0.497 e. The predicted octanol–water partition coefficient (Wildman–Crippen LogP) is 3.16. The van der Waals surface area contributed by atoms with Gasteiger partial charge >= 0.3 is 5.97 Å². The molecule has 0 aliphatic carbocycles. The van der Waals surface area contributed by atoms with Gasteiger partial charge in [-0.15, -0.1) is 12.4 Å². The van der Waals surface area contributed by atoms with Gasteiger partial charge in [-0.1, -0.05) is 12.1 Å². The van der Waals surface area contributed by atoms with E-state index in [1.54, 1.807) is 7.11 Å². The van der Waals surface area contributed by atoms with Crippen molar-refractivity contribution in [3.63, 3.8) is 0 Å². The molecular weight excluding hydrogens is 290 g/mol. The van der Waals surface area contributed by atoms with Crippen molar-refractivity contribution in [2.24, 2.45) is 0 Å². The van der Waals surface area contributed by atoms with Gasteiger partial charge in [0.05, 0.1) is 7.11 Å². The van der Waals surface area contributed by atoms with E-state index >= 15 is 0 Å². The first-order valence-electron chi connectivity index (χ1n) is 7.27. The van der Waals surface area contributed by atoms with E-state index in [0.29, 0.717) is 5.92 Å². The van der Waals surface area contributed by atoms with E-state index in [0.717, 1.165) is 44.6 Å². The Kier molecular flexibility index (Phi) is 7.54. The third-order valence-electron chi connectivity index (χ3n) is 4.04. The van der Waals surface area contributed by atoms with Gasteiger partial charge < -0.3 is 14.7 Å². The number of nitrogens with zero attached hydrogens (tertiary/aromatic N) is 1. The van der Waals surface area contributed by atoms with Crippen molar-refractivity contribution in [1.82, 2.24) is 4.90 Å². The Hall–Kier alpha value is -1.26. The predicted molar refractivity (Wildman–Crippen MR) is 85.5 cm³/mol. The fraction of sp³-hybridized carbons (Fsp3) is 0.562. The van der Waals surface area contributed by atoms with Crippen LogP contribution >= 0.6 is 12.4 Å².